The first-order chi connectivity index (χ1) is 8.88. The van der Waals surface area contributed by atoms with Crippen molar-refractivity contribution in [3.8, 4) is 0 Å². The number of hydrogen-bond acceptors (Lipinski definition) is 2. The lowest BCUT2D eigenvalue weighted by atomic mass is 9.65. The molecule has 0 bridgehead atoms. The van der Waals surface area contributed by atoms with E-state index in [9.17, 15) is 0 Å². The molecule has 1 heterocycles. The summed E-state index contributed by atoms with van der Waals surface area (Å²) in [7, 11) is 2.13. The molecule has 1 nitrogen and oxygen atoms in total. The van der Waals surface area contributed by atoms with Gasteiger partial charge in [0.15, 0.2) is 0 Å². The molecule has 0 radical (unpaired) electrons. The minimum Gasteiger partial charge on any atom is -0.313 e. The van der Waals surface area contributed by atoms with Crippen molar-refractivity contribution < 1.29 is 0 Å². The van der Waals surface area contributed by atoms with Gasteiger partial charge in [0, 0.05) is 6.04 Å². The number of rotatable bonds is 3. The molecule has 2 saturated carbocycles. The summed E-state index contributed by atoms with van der Waals surface area (Å²) in [6.07, 6.45) is 10.4. The van der Waals surface area contributed by atoms with Gasteiger partial charge in [-0.2, -0.15) is 11.3 Å². The summed E-state index contributed by atoms with van der Waals surface area (Å²) >= 11 is 1.83. The zero-order chi connectivity index (χ0) is 12.4. The van der Waals surface area contributed by atoms with E-state index in [0.29, 0.717) is 6.04 Å². The van der Waals surface area contributed by atoms with Gasteiger partial charge in [-0.1, -0.05) is 25.7 Å². The second kappa shape index (κ2) is 5.75. The van der Waals surface area contributed by atoms with Crippen LogP contribution in [0.25, 0.3) is 0 Å². The molecule has 100 valence electrons. The summed E-state index contributed by atoms with van der Waals surface area (Å²) in [5.41, 5.74) is 1.52. The van der Waals surface area contributed by atoms with Gasteiger partial charge >= 0.3 is 0 Å². The van der Waals surface area contributed by atoms with Crippen LogP contribution in [0.4, 0.5) is 0 Å². The standard InChI is InChI=1S/C16H25NS/c1-17-16(15-8-9-18-11-15)14-7-6-12-4-2-3-5-13(12)10-14/h8-9,11-14,16-17H,2-7,10H2,1H3. The van der Waals surface area contributed by atoms with Gasteiger partial charge in [-0.15, -0.1) is 0 Å². The zero-order valence-electron chi connectivity index (χ0n) is 11.4. The van der Waals surface area contributed by atoms with Gasteiger partial charge in [-0.05, 0) is 66.5 Å². The third-order valence-corrected chi connectivity index (χ3v) is 5.97. The lowest BCUT2D eigenvalue weighted by Crippen LogP contribution is -2.34. The highest BCUT2D eigenvalue weighted by molar-refractivity contribution is 7.07. The van der Waals surface area contributed by atoms with E-state index in [-0.39, 0.29) is 0 Å². The Balaban J connectivity index is 1.69. The predicted octanol–water partition coefficient (Wildman–Crippen LogP) is 4.62. The van der Waals surface area contributed by atoms with Gasteiger partial charge in [-0.3, -0.25) is 0 Å². The SMILES string of the molecule is CNC(c1ccsc1)C1CCC2CCCCC2C1. The van der Waals surface area contributed by atoms with Crippen LogP contribution in [-0.2, 0) is 0 Å². The van der Waals surface area contributed by atoms with Gasteiger partial charge in [0.05, 0.1) is 0 Å². The Bertz CT molecular complexity index is 359. The highest BCUT2D eigenvalue weighted by Crippen LogP contribution is 2.46. The summed E-state index contributed by atoms with van der Waals surface area (Å²) in [5, 5.41) is 8.12. The van der Waals surface area contributed by atoms with E-state index in [0.717, 1.165) is 17.8 Å². The molecular weight excluding hydrogens is 238 g/mol. The maximum atomic E-state index is 3.58. The maximum absolute atomic E-state index is 3.58. The molecule has 1 aromatic heterocycles. The van der Waals surface area contributed by atoms with Crippen LogP contribution in [0.3, 0.4) is 0 Å². The normalized spacial score (nSPS) is 33.9. The Hall–Kier alpha value is -0.340. The van der Waals surface area contributed by atoms with E-state index in [4.69, 9.17) is 0 Å². The summed E-state index contributed by atoms with van der Waals surface area (Å²) in [4.78, 5) is 0. The van der Waals surface area contributed by atoms with Crippen molar-refractivity contribution in [3.05, 3.63) is 22.4 Å². The maximum Gasteiger partial charge on any atom is 0.0354 e. The fourth-order valence-corrected chi connectivity index (χ4v) is 5.04. The highest BCUT2D eigenvalue weighted by atomic mass is 32.1. The molecule has 4 atom stereocenters. The van der Waals surface area contributed by atoms with Crippen LogP contribution in [0, 0.1) is 17.8 Å². The van der Waals surface area contributed by atoms with Crippen molar-refractivity contribution in [2.75, 3.05) is 7.05 Å². The summed E-state index contributed by atoms with van der Waals surface area (Å²) in [6.45, 7) is 0. The van der Waals surface area contributed by atoms with Gasteiger partial charge in [0.2, 0.25) is 0 Å². The van der Waals surface area contributed by atoms with E-state index in [1.54, 1.807) is 0 Å². The van der Waals surface area contributed by atoms with Gasteiger partial charge < -0.3 is 5.32 Å². The molecule has 2 heteroatoms. The molecule has 3 rings (SSSR count). The zero-order valence-corrected chi connectivity index (χ0v) is 12.2. The topological polar surface area (TPSA) is 12.0 Å². The van der Waals surface area contributed by atoms with Crippen LogP contribution >= 0.6 is 11.3 Å². The predicted molar refractivity (Wildman–Crippen MR) is 78.9 cm³/mol. The summed E-state index contributed by atoms with van der Waals surface area (Å²) in [6, 6.07) is 2.90. The van der Waals surface area contributed by atoms with E-state index in [2.05, 4.69) is 29.2 Å². The molecular formula is C16H25NS. The summed E-state index contributed by atoms with van der Waals surface area (Å²) in [5.74, 6) is 2.96. The third-order valence-electron chi connectivity index (χ3n) is 5.26. The molecule has 0 aromatic carbocycles. The first-order valence-corrected chi connectivity index (χ1v) is 8.52. The van der Waals surface area contributed by atoms with Crippen molar-refractivity contribution in [1.29, 1.82) is 0 Å². The van der Waals surface area contributed by atoms with Crippen LogP contribution in [0.2, 0.25) is 0 Å². The molecule has 0 spiro atoms. The van der Waals surface area contributed by atoms with E-state index in [1.165, 1.54) is 50.5 Å². The molecule has 2 fully saturated rings. The average Bonchev–Trinajstić information content (AvgIpc) is 2.93. The molecule has 0 saturated heterocycles. The Morgan fingerprint density at radius 1 is 1.17 bits per heavy atom. The van der Waals surface area contributed by atoms with Crippen LogP contribution in [0.5, 0.6) is 0 Å². The first-order valence-electron chi connectivity index (χ1n) is 7.58. The lowest BCUT2D eigenvalue weighted by Gasteiger charge is -2.41. The van der Waals surface area contributed by atoms with Crippen molar-refractivity contribution in [2.24, 2.45) is 17.8 Å². The second-order valence-corrected chi connectivity index (χ2v) is 6.98. The smallest absolute Gasteiger partial charge is 0.0354 e. The minimum atomic E-state index is 0.596. The van der Waals surface area contributed by atoms with Crippen LogP contribution in [-0.4, -0.2) is 7.05 Å². The minimum absolute atomic E-state index is 0.596. The Morgan fingerprint density at radius 2 is 2.00 bits per heavy atom. The number of nitrogens with one attached hydrogen (secondary N) is 1. The van der Waals surface area contributed by atoms with Gasteiger partial charge in [0.1, 0.15) is 0 Å². The second-order valence-electron chi connectivity index (χ2n) is 6.20. The number of thiophene rings is 1. The average molecular weight is 263 g/mol. The highest BCUT2D eigenvalue weighted by Gasteiger charge is 2.35. The molecule has 18 heavy (non-hydrogen) atoms. The van der Waals surface area contributed by atoms with Crippen LogP contribution in [0.1, 0.15) is 56.6 Å². The molecule has 0 aliphatic heterocycles. The molecule has 0 amide bonds. The molecule has 1 aromatic rings. The largest absolute Gasteiger partial charge is 0.313 e. The lowest BCUT2D eigenvalue weighted by molar-refractivity contribution is 0.111. The van der Waals surface area contributed by atoms with Gasteiger partial charge in [0.25, 0.3) is 0 Å². The molecule has 1 N–H and O–H groups in total. The molecule has 2 aliphatic carbocycles. The van der Waals surface area contributed by atoms with Crippen LogP contribution < -0.4 is 5.32 Å². The monoisotopic (exact) mass is 263 g/mol. The molecule has 4 unspecified atom stereocenters. The fraction of sp³-hybridized carbons (Fsp3) is 0.750. The fourth-order valence-electron chi connectivity index (χ4n) is 4.34. The van der Waals surface area contributed by atoms with E-state index >= 15 is 0 Å². The Morgan fingerprint density at radius 3 is 2.72 bits per heavy atom. The van der Waals surface area contributed by atoms with Gasteiger partial charge in [-0.25, -0.2) is 0 Å². The van der Waals surface area contributed by atoms with E-state index < -0.39 is 0 Å². The van der Waals surface area contributed by atoms with Crippen molar-refractivity contribution in [2.45, 2.75) is 51.0 Å². The van der Waals surface area contributed by atoms with Crippen molar-refractivity contribution in [1.82, 2.24) is 5.32 Å². The Kier molecular flexibility index (Phi) is 4.05. The molecule has 2 aliphatic rings. The van der Waals surface area contributed by atoms with Crippen LogP contribution in [0.15, 0.2) is 16.8 Å². The van der Waals surface area contributed by atoms with Crippen molar-refractivity contribution >= 4 is 11.3 Å². The third kappa shape index (κ3) is 2.50. The van der Waals surface area contributed by atoms with Crippen molar-refractivity contribution in [3.63, 3.8) is 0 Å². The summed E-state index contributed by atoms with van der Waals surface area (Å²) < 4.78 is 0. The number of fused-ring (bicyclic) bond motifs is 1. The number of hydrogen-bond donors (Lipinski definition) is 1. The quantitative estimate of drug-likeness (QED) is 0.839. The first kappa shape index (κ1) is 12.7. The van der Waals surface area contributed by atoms with E-state index in [1.807, 2.05) is 11.3 Å². The Labute approximate surface area is 115 Å².